The monoisotopic (exact) mass is 348 g/mol. The van der Waals surface area contributed by atoms with E-state index in [2.05, 4.69) is 43.1 Å². The fourth-order valence-corrected chi connectivity index (χ4v) is 2.98. The van der Waals surface area contributed by atoms with Gasteiger partial charge >= 0.3 is 0 Å². The van der Waals surface area contributed by atoms with Crippen LogP contribution in [0, 0.1) is 13.8 Å². The van der Waals surface area contributed by atoms with Crippen LogP contribution in [0.25, 0.3) is 5.78 Å². The summed E-state index contributed by atoms with van der Waals surface area (Å²) in [6.45, 7) is 3.98. The third-order valence-corrected chi connectivity index (χ3v) is 4.32. The first-order valence-corrected chi connectivity index (χ1v) is 7.98. The number of benzene rings is 1. The molecule has 0 saturated carbocycles. The summed E-state index contributed by atoms with van der Waals surface area (Å²) in [4.78, 5) is 8.86. The highest BCUT2D eigenvalue weighted by Crippen LogP contribution is 2.21. The molecule has 0 fully saturated rings. The molecule has 4 nitrogen and oxygen atoms in total. The van der Waals surface area contributed by atoms with Gasteiger partial charge in [-0.15, -0.1) is 5.10 Å². The van der Waals surface area contributed by atoms with Gasteiger partial charge in [0.1, 0.15) is 0 Å². The zero-order valence-electron chi connectivity index (χ0n) is 11.2. The number of halogens is 1. The number of hydrogen-bond donors (Lipinski definition) is 0. The maximum absolute atomic E-state index is 4.48. The Hall–Kier alpha value is -1.40. The molecule has 0 aliphatic rings. The summed E-state index contributed by atoms with van der Waals surface area (Å²) in [5.74, 6) is 1.52. The number of rotatable bonds is 3. The first kappa shape index (κ1) is 13.6. The van der Waals surface area contributed by atoms with E-state index in [9.17, 15) is 0 Å². The van der Waals surface area contributed by atoms with Crippen LogP contribution in [-0.4, -0.2) is 19.6 Å². The van der Waals surface area contributed by atoms with Crippen LogP contribution in [0.3, 0.4) is 0 Å². The first-order chi connectivity index (χ1) is 9.61. The van der Waals surface area contributed by atoms with Gasteiger partial charge in [-0.3, -0.25) is 0 Å². The molecule has 1 aromatic carbocycles. The van der Waals surface area contributed by atoms with Gasteiger partial charge in [-0.05, 0) is 37.6 Å². The SMILES string of the molecule is Cc1cc(C)n2nc(SCc3ccc(Br)cc3)nc2n1. The van der Waals surface area contributed by atoms with Gasteiger partial charge in [0, 0.05) is 21.6 Å². The molecule has 0 unspecified atom stereocenters. The minimum Gasteiger partial charge on any atom is -0.216 e. The quantitative estimate of drug-likeness (QED) is 0.675. The van der Waals surface area contributed by atoms with Crippen molar-refractivity contribution < 1.29 is 0 Å². The molecule has 6 heteroatoms. The molecule has 2 heterocycles. The molecule has 0 spiro atoms. The number of thioether (sulfide) groups is 1. The van der Waals surface area contributed by atoms with E-state index in [1.165, 1.54) is 5.56 Å². The average Bonchev–Trinajstić information content (AvgIpc) is 2.81. The molecule has 0 radical (unpaired) electrons. The molecule has 102 valence electrons. The Balaban J connectivity index is 1.81. The van der Waals surface area contributed by atoms with Crippen molar-refractivity contribution >= 4 is 33.5 Å². The van der Waals surface area contributed by atoms with Crippen molar-refractivity contribution in [2.45, 2.75) is 24.8 Å². The van der Waals surface area contributed by atoms with Crippen molar-refractivity contribution in [3.63, 3.8) is 0 Å². The van der Waals surface area contributed by atoms with Crippen molar-refractivity contribution in [3.05, 3.63) is 51.8 Å². The number of hydrogen-bond acceptors (Lipinski definition) is 4. The van der Waals surface area contributed by atoms with Crippen LogP contribution in [0.2, 0.25) is 0 Å². The Labute approximate surface area is 129 Å². The molecule has 0 aliphatic carbocycles. The summed E-state index contributed by atoms with van der Waals surface area (Å²) < 4.78 is 2.88. The largest absolute Gasteiger partial charge is 0.253 e. The van der Waals surface area contributed by atoms with Crippen molar-refractivity contribution in [2.24, 2.45) is 0 Å². The van der Waals surface area contributed by atoms with Gasteiger partial charge in [-0.2, -0.15) is 4.98 Å². The highest BCUT2D eigenvalue weighted by Gasteiger charge is 2.08. The van der Waals surface area contributed by atoms with Crippen LogP contribution in [0.1, 0.15) is 17.0 Å². The Morgan fingerprint density at radius 1 is 1.15 bits per heavy atom. The molecule has 3 aromatic rings. The second kappa shape index (κ2) is 5.54. The van der Waals surface area contributed by atoms with E-state index in [1.54, 1.807) is 16.3 Å². The lowest BCUT2D eigenvalue weighted by Gasteiger charge is -1.98. The standard InChI is InChI=1S/C14H13BrN4S/c1-9-7-10(2)19-13(16-9)17-14(18-19)20-8-11-3-5-12(15)6-4-11/h3-7H,8H2,1-2H3. The molecular weight excluding hydrogens is 336 g/mol. The summed E-state index contributed by atoms with van der Waals surface area (Å²) in [6.07, 6.45) is 0. The van der Waals surface area contributed by atoms with E-state index in [0.29, 0.717) is 5.78 Å². The molecule has 0 atom stereocenters. The molecule has 0 bridgehead atoms. The maximum Gasteiger partial charge on any atom is 0.253 e. The van der Waals surface area contributed by atoms with E-state index in [1.807, 2.05) is 32.0 Å². The van der Waals surface area contributed by atoms with E-state index >= 15 is 0 Å². The van der Waals surface area contributed by atoms with Crippen molar-refractivity contribution in [1.82, 2.24) is 19.6 Å². The van der Waals surface area contributed by atoms with Crippen LogP contribution in [0.15, 0.2) is 40.0 Å². The fraction of sp³-hybridized carbons (Fsp3) is 0.214. The second-order valence-corrected chi connectivity index (χ2v) is 6.42. The molecule has 2 aromatic heterocycles. The highest BCUT2D eigenvalue weighted by molar-refractivity contribution is 9.10. The van der Waals surface area contributed by atoms with Gasteiger partial charge in [0.15, 0.2) is 0 Å². The van der Waals surface area contributed by atoms with Gasteiger partial charge in [0.2, 0.25) is 5.16 Å². The zero-order valence-corrected chi connectivity index (χ0v) is 13.6. The third-order valence-electron chi connectivity index (χ3n) is 2.88. The van der Waals surface area contributed by atoms with Crippen LogP contribution in [0.5, 0.6) is 0 Å². The van der Waals surface area contributed by atoms with Gasteiger partial charge in [0.25, 0.3) is 5.78 Å². The van der Waals surface area contributed by atoms with Gasteiger partial charge in [-0.1, -0.05) is 39.8 Å². The number of nitrogens with zero attached hydrogens (tertiary/aromatic N) is 4. The van der Waals surface area contributed by atoms with Gasteiger partial charge < -0.3 is 0 Å². The van der Waals surface area contributed by atoms with Crippen LogP contribution >= 0.6 is 27.7 Å². The van der Waals surface area contributed by atoms with Crippen molar-refractivity contribution in [2.75, 3.05) is 0 Å². The van der Waals surface area contributed by atoms with Crippen molar-refractivity contribution in [1.29, 1.82) is 0 Å². The zero-order chi connectivity index (χ0) is 14.1. The molecule has 0 aliphatic heterocycles. The Bertz CT molecular complexity index is 752. The van der Waals surface area contributed by atoms with Crippen molar-refractivity contribution in [3.8, 4) is 0 Å². The summed E-state index contributed by atoms with van der Waals surface area (Å²) >= 11 is 5.06. The smallest absolute Gasteiger partial charge is 0.216 e. The number of aromatic nitrogens is 4. The normalized spacial score (nSPS) is 11.2. The lowest BCUT2D eigenvalue weighted by Crippen LogP contribution is -1.97. The molecule has 0 saturated heterocycles. The molecule has 0 N–H and O–H groups in total. The average molecular weight is 349 g/mol. The maximum atomic E-state index is 4.48. The van der Waals surface area contributed by atoms with Crippen LogP contribution in [0.4, 0.5) is 0 Å². The lowest BCUT2D eigenvalue weighted by molar-refractivity contribution is 0.843. The number of fused-ring (bicyclic) bond motifs is 1. The Kier molecular flexibility index (Phi) is 3.76. The minimum atomic E-state index is 0.667. The van der Waals surface area contributed by atoms with Gasteiger partial charge in [-0.25, -0.2) is 9.50 Å². The predicted octanol–water partition coefficient (Wildman–Crippen LogP) is 3.80. The number of aryl methyl sites for hydroxylation is 2. The van der Waals surface area contributed by atoms with E-state index in [4.69, 9.17) is 0 Å². The van der Waals surface area contributed by atoms with Crippen LogP contribution < -0.4 is 0 Å². The molecule has 0 amide bonds. The first-order valence-electron chi connectivity index (χ1n) is 6.20. The van der Waals surface area contributed by atoms with Crippen LogP contribution in [-0.2, 0) is 5.75 Å². The Morgan fingerprint density at radius 2 is 1.90 bits per heavy atom. The van der Waals surface area contributed by atoms with E-state index in [0.717, 1.165) is 26.8 Å². The molecular formula is C14H13BrN4S. The topological polar surface area (TPSA) is 43.1 Å². The highest BCUT2D eigenvalue weighted by atomic mass is 79.9. The molecule has 20 heavy (non-hydrogen) atoms. The summed E-state index contributed by atoms with van der Waals surface area (Å²) in [7, 11) is 0. The fourth-order valence-electron chi connectivity index (χ4n) is 1.94. The lowest BCUT2D eigenvalue weighted by atomic mass is 10.2. The van der Waals surface area contributed by atoms with Gasteiger partial charge in [0.05, 0.1) is 0 Å². The second-order valence-electron chi connectivity index (χ2n) is 4.56. The Morgan fingerprint density at radius 3 is 2.65 bits per heavy atom. The predicted molar refractivity (Wildman–Crippen MR) is 84.0 cm³/mol. The summed E-state index contributed by atoms with van der Waals surface area (Å²) in [5.41, 5.74) is 3.26. The molecule has 3 rings (SSSR count). The minimum absolute atomic E-state index is 0.667. The third kappa shape index (κ3) is 2.86. The summed E-state index contributed by atoms with van der Waals surface area (Å²) in [5, 5.41) is 5.24. The van der Waals surface area contributed by atoms with E-state index in [-0.39, 0.29) is 0 Å². The summed E-state index contributed by atoms with van der Waals surface area (Å²) in [6, 6.07) is 10.3. The van der Waals surface area contributed by atoms with E-state index < -0.39 is 0 Å².